The van der Waals surface area contributed by atoms with E-state index >= 15 is 0 Å². The van der Waals surface area contributed by atoms with Crippen LogP contribution in [0.1, 0.15) is 70.6 Å². The number of hydrogen-bond donors (Lipinski definition) is 1. The molecule has 0 bridgehead atoms. The number of aliphatic hydroxyl groups is 1. The van der Waals surface area contributed by atoms with Crippen LogP contribution in [0.15, 0.2) is 24.3 Å². The molecule has 1 aromatic carbocycles. The fourth-order valence-corrected chi connectivity index (χ4v) is 2.03. The van der Waals surface area contributed by atoms with Crippen molar-refractivity contribution in [1.29, 1.82) is 0 Å². The molecule has 0 aromatic heterocycles. The lowest BCUT2D eigenvalue weighted by atomic mass is 9.86. The van der Waals surface area contributed by atoms with Gasteiger partial charge in [0.05, 0.1) is 12.7 Å². The summed E-state index contributed by atoms with van der Waals surface area (Å²) in [6.07, 6.45) is 1.95. The summed E-state index contributed by atoms with van der Waals surface area (Å²) in [5.74, 6) is -0.228. The third kappa shape index (κ3) is 6.30. The number of unbranched alkanes of at least 4 members (excludes halogenated alkanes) is 1. The van der Waals surface area contributed by atoms with Crippen LogP contribution in [0.4, 0.5) is 0 Å². The van der Waals surface area contributed by atoms with Crippen molar-refractivity contribution in [3.8, 4) is 0 Å². The molecule has 0 amide bonds. The predicted octanol–water partition coefficient (Wildman–Crippen LogP) is 4.14. The van der Waals surface area contributed by atoms with Crippen LogP contribution in [0, 0.1) is 0 Å². The van der Waals surface area contributed by atoms with E-state index in [0.717, 1.165) is 18.4 Å². The average Bonchev–Trinajstić information content (AvgIpc) is 2.44. The highest BCUT2D eigenvalue weighted by Crippen LogP contribution is 2.25. The van der Waals surface area contributed by atoms with Crippen molar-refractivity contribution in [3.05, 3.63) is 35.4 Å². The maximum Gasteiger partial charge on any atom is 0.305 e. The molecule has 3 nitrogen and oxygen atoms in total. The quantitative estimate of drug-likeness (QED) is 0.607. The summed E-state index contributed by atoms with van der Waals surface area (Å²) >= 11 is 0. The molecular weight excluding hydrogens is 264 g/mol. The molecule has 1 unspecified atom stereocenters. The van der Waals surface area contributed by atoms with Gasteiger partial charge < -0.3 is 9.84 Å². The average molecular weight is 292 g/mol. The molecule has 0 aliphatic carbocycles. The zero-order valence-electron chi connectivity index (χ0n) is 13.7. The molecular formula is C18H28O3. The van der Waals surface area contributed by atoms with Gasteiger partial charge in [-0.2, -0.15) is 0 Å². The fourth-order valence-electron chi connectivity index (χ4n) is 2.03. The van der Waals surface area contributed by atoms with Crippen molar-refractivity contribution in [1.82, 2.24) is 0 Å². The molecule has 0 fully saturated rings. The Balaban J connectivity index is 2.45. The molecule has 1 aromatic rings. The third-order valence-corrected chi connectivity index (χ3v) is 3.54. The fraction of sp³-hybridized carbons (Fsp3) is 0.611. The zero-order valence-corrected chi connectivity index (χ0v) is 13.7. The Bertz CT molecular complexity index is 429. The Kier molecular flexibility index (Phi) is 6.90. The van der Waals surface area contributed by atoms with Crippen molar-refractivity contribution in [2.45, 2.75) is 64.9 Å². The Morgan fingerprint density at radius 3 is 2.38 bits per heavy atom. The van der Waals surface area contributed by atoms with Crippen molar-refractivity contribution in [2.24, 2.45) is 0 Å². The number of benzene rings is 1. The number of carbonyl (C=O) groups excluding carboxylic acids is 1. The molecule has 0 saturated carbocycles. The highest BCUT2D eigenvalue weighted by Gasteiger charge is 2.15. The van der Waals surface area contributed by atoms with Crippen LogP contribution in [-0.4, -0.2) is 17.7 Å². The first kappa shape index (κ1) is 17.7. The minimum Gasteiger partial charge on any atom is -0.466 e. The van der Waals surface area contributed by atoms with E-state index in [1.165, 1.54) is 5.56 Å². The summed E-state index contributed by atoms with van der Waals surface area (Å²) in [5.41, 5.74) is 2.19. The molecule has 0 aliphatic rings. The first-order valence-corrected chi connectivity index (χ1v) is 7.78. The summed E-state index contributed by atoms with van der Waals surface area (Å²) in [7, 11) is 0. The minimum atomic E-state index is -0.613. The van der Waals surface area contributed by atoms with Crippen LogP contribution >= 0.6 is 0 Å². The van der Waals surface area contributed by atoms with Gasteiger partial charge in [0.1, 0.15) is 0 Å². The lowest BCUT2D eigenvalue weighted by molar-refractivity contribution is -0.144. The summed E-state index contributed by atoms with van der Waals surface area (Å²) in [4.78, 5) is 11.5. The molecule has 0 aliphatic heterocycles. The third-order valence-electron chi connectivity index (χ3n) is 3.54. The molecule has 3 heteroatoms. The van der Waals surface area contributed by atoms with Crippen LogP contribution in [0.25, 0.3) is 0 Å². The zero-order chi connectivity index (χ0) is 15.9. The van der Waals surface area contributed by atoms with Gasteiger partial charge in [-0.15, -0.1) is 0 Å². The predicted molar refractivity (Wildman–Crippen MR) is 85.2 cm³/mol. The summed E-state index contributed by atoms with van der Waals surface area (Å²) in [5, 5.41) is 10.1. The van der Waals surface area contributed by atoms with E-state index in [-0.39, 0.29) is 17.8 Å². The molecule has 1 N–H and O–H groups in total. The second kappa shape index (κ2) is 8.18. The van der Waals surface area contributed by atoms with E-state index in [1.54, 1.807) is 0 Å². The first-order valence-electron chi connectivity index (χ1n) is 7.78. The lowest BCUT2D eigenvalue weighted by Crippen LogP contribution is -2.11. The minimum absolute atomic E-state index is 0.104. The second-order valence-electron chi connectivity index (χ2n) is 6.50. The highest BCUT2D eigenvalue weighted by atomic mass is 16.5. The molecule has 0 spiro atoms. The van der Waals surface area contributed by atoms with E-state index in [4.69, 9.17) is 4.74 Å². The Hall–Kier alpha value is -1.35. The Morgan fingerprint density at radius 2 is 1.86 bits per heavy atom. The number of rotatable bonds is 7. The van der Waals surface area contributed by atoms with Gasteiger partial charge in [0.2, 0.25) is 0 Å². The Labute approximate surface area is 128 Å². The number of ether oxygens (including phenoxy) is 1. The van der Waals surface area contributed by atoms with Crippen molar-refractivity contribution < 1.29 is 14.6 Å². The molecule has 0 saturated heterocycles. The van der Waals surface area contributed by atoms with Gasteiger partial charge in [-0.25, -0.2) is 0 Å². The standard InChI is InChI=1S/C18H28O3/c1-5-6-13-21-17(20)12-11-16(19)14-7-9-15(10-8-14)18(2,3)4/h7-10,16,19H,5-6,11-13H2,1-4H3. The molecule has 1 rings (SSSR count). The smallest absolute Gasteiger partial charge is 0.305 e. The number of aliphatic hydroxyl groups excluding tert-OH is 1. The summed E-state index contributed by atoms with van der Waals surface area (Å²) in [6, 6.07) is 7.96. The van der Waals surface area contributed by atoms with E-state index in [0.29, 0.717) is 13.0 Å². The topological polar surface area (TPSA) is 46.5 Å². The number of hydrogen-bond acceptors (Lipinski definition) is 3. The van der Waals surface area contributed by atoms with Crippen LogP contribution in [-0.2, 0) is 14.9 Å². The maximum atomic E-state index is 11.5. The van der Waals surface area contributed by atoms with Gasteiger partial charge >= 0.3 is 5.97 Å². The number of carbonyl (C=O) groups is 1. The summed E-state index contributed by atoms with van der Waals surface area (Å²) in [6.45, 7) is 9.00. The molecule has 118 valence electrons. The SMILES string of the molecule is CCCCOC(=O)CCC(O)c1ccc(C(C)(C)C)cc1. The summed E-state index contributed by atoms with van der Waals surface area (Å²) < 4.78 is 5.08. The normalized spacial score (nSPS) is 13.0. The number of esters is 1. The maximum absolute atomic E-state index is 11.5. The van der Waals surface area contributed by atoms with Crippen molar-refractivity contribution >= 4 is 5.97 Å². The van der Waals surface area contributed by atoms with Crippen LogP contribution in [0.2, 0.25) is 0 Å². The Morgan fingerprint density at radius 1 is 1.24 bits per heavy atom. The molecule has 1 atom stereocenters. The lowest BCUT2D eigenvalue weighted by Gasteiger charge is -2.20. The van der Waals surface area contributed by atoms with E-state index in [2.05, 4.69) is 27.7 Å². The first-order chi connectivity index (χ1) is 9.84. The van der Waals surface area contributed by atoms with E-state index < -0.39 is 6.10 Å². The van der Waals surface area contributed by atoms with Gasteiger partial charge in [-0.05, 0) is 29.4 Å². The van der Waals surface area contributed by atoms with Crippen LogP contribution in [0.5, 0.6) is 0 Å². The molecule has 0 radical (unpaired) electrons. The van der Waals surface area contributed by atoms with Crippen molar-refractivity contribution in [3.63, 3.8) is 0 Å². The van der Waals surface area contributed by atoms with Crippen LogP contribution in [0.3, 0.4) is 0 Å². The molecule has 21 heavy (non-hydrogen) atoms. The van der Waals surface area contributed by atoms with E-state index in [9.17, 15) is 9.90 Å². The van der Waals surface area contributed by atoms with Crippen molar-refractivity contribution in [2.75, 3.05) is 6.61 Å². The van der Waals surface area contributed by atoms with Gasteiger partial charge in [-0.1, -0.05) is 58.4 Å². The highest BCUT2D eigenvalue weighted by molar-refractivity contribution is 5.69. The van der Waals surface area contributed by atoms with Gasteiger partial charge in [0, 0.05) is 6.42 Å². The molecule has 0 heterocycles. The second-order valence-corrected chi connectivity index (χ2v) is 6.50. The monoisotopic (exact) mass is 292 g/mol. The largest absolute Gasteiger partial charge is 0.466 e. The van der Waals surface area contributed by atoms with E-state index in [1.807, 2.05) is 24.3 Å². The van der Waals surface area contributed by atoms with Gasteiger partial charge in [0.25, 0.3) is 0 Å². The van der Waals surface area contributed by atoms with Crippen LogP contribution < -0.4 is 0 Å². The van der Waals surface area contributed by atoms with Gasteiger partial charge in [0.15, 0.2) is 0 Å². The van der Waals surface area contributed by atoms with Gasteiger partial charge in [-0.3, -0.25) is 4.79 Å².